The van der Waals surface area contributed by atoms with Crippen molar-refractivity contribution in [3.8, 4) is 0 Å². The van der Waals surface area contributed by atoms with Gasteiger partial charge in [0.05, 0.1) is 10.5 Å². The molecule has 1 fully saturated rings. The summed E-state index contributed by atoms with van der Waals surface area (Å²) >= 11 is 0. The van der Waals surface area contributed by atoms with Crippen molar-refractivity contribution in [3.05, 3.63) is 29.6 Å². The van der Waals surface area contributed by atoms with Crippen molar-refractivity contribution in [2.45, 2.75) is 42.9 Å². The first-order chi connectivity index (χ1) is 10.0. The monoisotopic (exact) mass is 340 g/mol. The van der Waals surface area contributed by atoms with Gasteiger partial charge in [-0.05, 0) is 38.0 Å². The lowest BCUT2D eigenvalue weighted by Crippen LogP contribution is -2.48. The second-order valence-corrected chi connectivity index (χ2v) is 7.28. The molecule has 0 saturated carbocycles. The van der Waals surface area contributed by atoms with Crippen molar-refractivity contribution in [1.29, 1.82) is 0 Å². The minimum Gasteiger partial charge on any atom is -0.328 e. The van der Waals surface area contributed by atoms with Gasteiger partial charge in [0.2, 0.25) is 10.0 Å². The van der Waals surface area contributed by atoms with Gasteiger partial charge in [0.25, 0.3) is 0 Å². The first-order valence-electron chi connectivity index (χ1n) is 6.67. The summed E-state index contributed by atoms with van der Waals surface area (Å²) in [5.74, 6) is -1.50. The van der Waals surface area contributed by atoms with Crippen LogP contribution in [-0.2, 0) is 16.2 Å². The molecule has 1 aliphatic rings. The van der Waals surface area contributed by atoms with Crippen LogP contribution in [0.3, 0.4) is 0 Å². The molecule has 1 saturated heterocycles. The second-order valence-electron chi connectivity index (χ2n) is 5.39. The number of hydrogen-bond donors (Lipinski definition) is 1. The molecule has 0 aliphatic carbocycles. The van der Waals surface area contributed by atoms with Crippen LogP contribution in [-0.4, -0.2) is 31.4 Å². The molecule has 124 valence electrons. The Morgan fingerprint density at radius 3 is 2.50 bits per heavy atom. The molecule has 1 aliphatic heterocycles. The number of halogens is 4. The van der Waals surface area contributed by atoms with Crippen LogP contribution in [0.25, 0.3) is 0 Å². The highest BCUT2D eigenvalue weighted by molar-refractivity contribution is 7.89. The molecule has 1 aromatic carbocycles. The zero-order valence-electron chi connectivity index (χ0n) is 11.8. The highest BCUT2D eigenvalue weighted by atomic mass is 32.2. The number of sulfonamides is 1. The summed E-state index contributed by atoms with van der Waals surface area (Å²) < 4.78 is 77.5. The third-order valence-electron chi connectivity index (χ3n) is 3.71. The Hall–Kier alpha value is -1.19. The van der Waals surface area contributed by atoms with Crippen molar-refractivity contribution in [3.63, 3.8) is 0 Å². The molecule has 4 nitrogen and oxygen atoms in total. The molecule has 2 rings (SSSR count). The van der Waals surface area contributed by atoms with E-state index in [0.717, 1.165) is 10.4 Å². The van der Waals surface area contributed by atoms with Crippen molar-refractivity contribution >= 4 is 10.0 Å². The Balaban J connectivity index is 2.42. The quantitative estimate of drug-likeness (QED) is 0.841. The van der Waals surface area contributed by atoms with Gasteiger partial charge in [-0.1, -0.05) is 0 Å². The maximum absolute atomic E-state index is 13.3. The first-order valence-corrected chi connectivity index (χ1v) is 8.11. The number of nitrogens with two attached hydrogens (primary N) is 1. The van der Waals surface area contributed by atoms with Crippen LogP contribution in [0.2, 0.25) is 0 Å². The summed E-state index contributed by atoms with van der Waals surface area (Å²) in [6.07, 6.45) is -4.10. The summed E-state index contributed by atoms with van der Waals surface area (Å²) in [6, 6.07) is 1.15. The lowest BCUT2D eigenvalue weighted by Gasteiger charge is -2.35. The van der Waals surface area contributed by atoms with E-state index in [4.69, 9.17) is 5.73 Å². The summed E-state index contributed by atoms with van der Waals surface area (Å²) in [5, 5.41) is 0. The second kappa shape index (κ2) is 5.78. The molecule has 0 bridgehead atoms. The zero-order chi connectivity index (χ0) is 16.7. The van der Waals surface area contributed by atoms with E-state index in [1.165, 1.54) is 0 Å². The van der Waals surface area contributed by atoms with Gasteiger partial charge >= 0.3 is 6.18 Å². The predicted molar refractivity (Wildman–Crippen MR) is 72.0 cm³/mol. The van der Waals surface area contributed by atoms with Gasteiger partial charge in [-0.3, -0.25) is 0 Å². The highest BCUT2D eigenvalue weighted by Crippen LogP contribution is 2.34. The number of benzene rings is 1. The van der Waals surface area contributed by atoms with E-state index < -0.39 is 38.5 Å². The van der Waals surface area contributed by atoms with Gasteiger partial charge in [0.15, 0.2) is 0 Å². The molecule has 2 atom stereocenters. The Kier molecular flexibility index (Phi) is 4.51. The van der Waals surface area contributed by atoms with Gasteiger partial charge in [-0.15, -0.1) is 0 Å². The molecule has 0 spiro atoms. The molecule has 0 aromatic heterocycles. The van der Waals surface area contributed by atoms with Crippen molar-refractivity contribution < 1.29 is 26.0 Å². The van der Waals surface area contributed by atoms with Crippen LogP contribution in [0, 0.1) is 5.82 Å². The third kappa shape index (κ3) is 3.26. The third-order valence-corrected chi connectivity index (χ3v) is 5.72. The fourth-order valence-corrected chi connectivity index (χ4v) is 4.24. The average Bonchev–Trinajstić information content (AvgIpc) is 2.36. The molecule has 9 heteroatoms. The molecule has 0 unspecified atom stereocenters. The van der Waals surface area contributed by atoms with E-state index >= 15 is 0 Å². The van der Waals surface area contributed by atoms with Gasteiger partial charge in [0, 0.05) is 18.6 Å². The Bertz CT molecular complexity index is 660. The van der Waals surface area contributed by atoms with Crippen LogP contribution in [0.15, 0.2) is 23.1 Å². The van der Waals surface area contributed by atoms with Crippen LogP contribution < -0.4 is 5.73 Å². The van der Waals surface area contributed by atoms with Gasteiger partial charge < -0.3 is 5.73 Å². The molecule has 1 heterocycles. The maximum Gasteiger partial charge on any atom is 0.419 e. The van der Waals surface area contributed by atoms with Crippen LogP contribution in [0.1, 0.15) is 25.3 Å². The number of nitrogens with zero attached hydrogens (tertiary/aromatic N) is 1. The molecular weight excluding hydrogens is 324 g/mol. The number of rotatable bonds is 2. The smallest absolute Gasteiger partial charge is 0.328 e. The fourth-order valence-electron chi connectivity index (χ4n) is 2.56. The number of hydrogen-bond acceptors (Lipinski definition) is 3. The van der Waals surface area contributed by atoms with E-state index in [1.54, 1.807) is 6.92 Å². The summed E-state index contributed by atoms with van der Waals surface area (Å²) in [6.45, 7) is 1.77. The fraction of sp³-hybridized carbons (Fsp3) is 0.538. The van der Waals surface area contributed by atoms with E-state index in [-0.39, 0.29) is 12.6 Å². The van der Waals surface area contributed by atoms with E-state index in [2.05, 4.69) is 0 Å². The molecule has 0 amide bonds. The van der Waals surface area contributed by atoms with Gasteiger partial charge in [0.1, 0.15) is 5.82 Å². The van der Waals surface area contributed by atoms with Crippen LogP contribution in [0.5, 0.6) is 0 Å². The molecule has 22 heavy (non-hydrogen) atoms. The standard InChI is InChI=1S/C13H16F4N2O2S/c1-8-6-9(18)4-5-19(8)22(20,21)10-2-3-12(14)11(7-10)13(15,16)17/h2-3,7-9H,4-6,18H2,1H3/t8-,9-/m1/s1. The molecule has 1 aromatic rings. The maximum atomic E-state index is 13.3. The Morgan fingerprint density at radius 1 is 1.32 bits per heavy atom. The first kappa shape index (κ1) is 17.2. The van der Waals surface area contributed by atoms with Crippen LogP contribution >= 0.6 is 0 Å². The summed E-state index contributed by atoms with van der Waals surface area (Å²) in [7, 11) is -4.12. The average molecular weight is 340 g/mol. The molecular formula is C13H16F4N2O2S. The molecule has 0 radical (unpaired) electrons. The van der Waals surface area contributed by atoms with E-state index in [0.29, 0.717) is 25.0 Å². The summed E-state index contributed by atoms with van der Waals surface area (Å²) in [4.78, 5) is -0.566. The zero-order valence-corrected chi connectivity index (χ0v) is 12.6. The summed E-state index contributed by atoms with van der Waals surface area (Å²) in [5.41, 5.74) is 4.16. The normalized spacial score (nSPS) is 24.5. The number of piperidine rings is 1. The van der Waals surface area contributed by atoms with E-state index in [1.807, 2.05) is 0 Å². The lowest BCUT2D eigenvalue weighted by atomic mass is 10.0. The van der Waals surface area contributed by atoms with Gasteiger partial charge in [-0.2, -0.15) is 17.5 Å². The predicted octanol–water partition coefficient (Wildman–Crippen LogP) is 2.34. The van der Waals surface area contributed by atoms with E-state index in [9.17, 15) is 26.0 Å². The largest absolute Gasteiger partial charge is 0.419 e. The van der Waals surface area contributed by atoms with Crippen molar-refractivity contribution in [2.75, 3.05) is 6.54 Å². The van der Waals surface area contributed by atoms with Crippen LogP contribution in [0.4, 0.5) is 17.6 Å². The Morgan fingerprint density at radius 2 is 1.95 bits per heavy atom. The highest BCUT2D eigenvalue weighted by Gasteiger charge is 2.38. The van der Waals surface area contributed by atoms with Gasteiger partial charge in [-0.25, -0.2) is 12.8 Å². The van der Waals surface area contributed by atoms with Crippen molar-refractivity contribution in [1.82, 2.24) is 4.31 Å². The van der Waals surface area contributed by atoms with Crippen molar-refractivity contribution in [2.24, 2.45) is 5.73 Å². The molecule has 2 N–H and O–H groups in total. The Labute approximate surface area is 126 Å². The number of alkyl halides is 3. The topological polar surface area (TPSA) is 63.4 Å². The lowest BCUT2D eigenvalue weighted by molar-refractivity contribution is -0.140. The minimum atomic E-state index is -4.95. The minimum absolute atomic E-state index is 0.128. The SMILES string of the molecule is C[C@@H]1C[C@H](N)CCN1S(=O)(=O)c1ccc(F)c(C(F)(F)F)c1.